The molecule has 0 aliphatic carbocycles. The highest BCUT2D eigenvalue weighted by Gasteiger charge is 2.15. The van der Waals surface area contributed by atoms with Crippen molar-refractivity contribution in [1.82, 2.24) is 14.9 Å². The van der Waals surface area contributed by atoms with E-state index in [1.54, 1.807) is 0 Å². The van der Waals surface area contributed by atoms with Gasteiger partial charge in [0, 0.05) is 25.4 Å². The molecule has 5 heteroatoms. The van der Waals surface area contributed by atoms with Gasteiger partial charge in [-0.15, -0.1) is 0 Å². The summed E-state index contributed by atoms with van der Waals surface area (Å²) in [5.41, 5.74) is 3.45. The molecular weight excluding hydrogens is 386 g/mol. The zero-order valence-electron chi connectivity index (χ0n) is 19.1. The third-order valence-corrected chi connectivity index (χ3v) is 5.86. The summed E-state index contributed by atoms with van der Waals surface area (Å²) in [4.78, 5) is 17.1. The fourth-order valence-corrected chi connectivity index (χ4v) is 3.90. The minimum atomic E-state index is 0.0994. The maximum atomic E-state index is 12.3. The van der Waals surface area contributed by atoms with Crippen molar-refractivity contribution in [3.05, 3.63) is 59.9 Å². The molecule has 0 fully saturated rings. The topological polar surface area (TPSA) is 56.1 Å². The first-order valence-corrected chi connectivity index (χ1v) is 11.6. The van der Waals surface area contributed by atoms with Crippen LogP contribution in [0.15, 0.2) is 48.5 Å². The monoisotopic (exact) mass is 421 g/mol. The second kappa shape index (κ2) is 11.5. The van der Waals surface area contributed by atoms with Crippen molar-refractivity contribution in [2.45, 2.75) is 59.4 Å². The first-order valence-electron chi connectivity index (χ1n) is 11.6. The molecule has 0 saturated carbocycles. The summed E-state index contributed by atoms with van der Waals surface area (Å²) in [5.74, 6) is 2.17. The number of rotatable bonds is 12. The molecule has 0 spiro atoms. The van der Waals surface area contributed by atoms with Crippen molar-refractivity contribution >= 4 is 16.9 Å². The fraction of sp³-hybridized carbons (Fsp3) is 0.462. The maximum absolute atomic E-state index is 12.3. The van der Waals surface area contributed by atoms with Crippen LogP contribution in [0.1, 0.15) is 51.4 Å². The average molecular weight is 422 g/mol. The molecule has 166 valence electrons. The molecular formula is C26H35N3O2. The Kier molecular flexibility index (Phi) is 8.51. The van der Waals surface area contributed by atoms with Gasteiger partial charge in [-0.2, -0.15) is 0 Å². The van der Waals surface area contributed by atoms with Gasteiger partial charge in [0.15, 0.2) is 0 Å². The van der Waals surface area contributed by atoms with Gasteiger partial charge < -0.3 is 14.6 Å². The zero-order valence-corrected chi connectivity index (χ0v) is 19.1. The zero-order chi connectivity index (χ0) is 22.1. The van der Waals surface area contributed by atoms with Crippen molar-refractivity contribution in [3.8, 4) is 5.75 Å². The molecule has 1 amide bonds. The lowest BCUT2D eigenvalue weighted by Gasteiger charge is -2.13. The van der Waals surface area contributed by atoms with Crippen LogP contribution < -0.4 is 10.1 Å². The minimum absolute atomic E-state index is 0.0994. The third kappa shape index (κ3) is 6.09. The van der Waals surface area contributed by atoms with Crippen LogP contribution in [0.4, 0.5) is 0 Å². The number of hydrogen-bond donors (Lipinski definition) is 1. The number of fused-ring (bicyclic) bond motifs is 1. The van der Waals surface area contributed by atoms with E-state index in [4.69, 9.17) is 9.72 Å². The summed E-state index contributed by atoms with van der Waals surface area (Å²) in [6.45, 7) is 8.38. The van der Waals surface area contributed by atoms with Crippen molar-refractivity contribution in [2.75, 3.05) is 13.2 Å². The molecule has 31 heavy (non-hydrogen) atoms. The number of aryl methyl sites for hydroxylation is 2. The van der Waals surface area contributed by atoms with E-state index in [1.165, 1.54) is 5.56 Å². The molecule has 0 radical (unpaired) electrons. The summed E-state index contributed by atoms with van der Waals surface area (Å²) in [5, 5.41) is 3.09. The van der Waals surface area contributed by atoms with E-state index in [0.717, 1.165) is 61.3 Å². The molecule has 3 rings (SSSR count). The lowest BCUT2D eigenvalue weighted by atomic mass is 10.0. The summed E-state index contributed by atoms with van der Waals surface area (Å²) < 4.78 is 8.19. The second-order valence-corrected chi connectivity index (χ2v) is 7.92. The Hall–Kier alpha value is -2.82. The van der Waals surface area contributed by atoms with E-state index in [2.05, 4.69) is 48.9 Å². The Bertz CT molecular complexity index is 958. The lowest BCUT2D eigenvalue weighted by molar-refractivity contribution is -0.125. The van der Waals surface area contributed by atoms with E-state index in [1.807, 2.05) is 30.3 Å². The normalized spacial score (nSPS) is 11.2. The van der Waals surface area contributed by atoms with Gasteiger partial charge in [-0.25, -0.2) is 4.98 Å². The fourth-order valence-electron chi connectivity index (χ4n) is 3.90. The summed E-state index contributed by atoms with van der Waals surface area (Å²) in [6.07, 6.45) is 4.40. The van der Waals surface area contributed by atoms with Crippen molar-refractivity contribution in [3.63, 3.8) is 0 Å². The highest BCUT2D eigenvalue weighted by atomic mass is 16.5. The summed E-state index contributed by atoms with van der Waals surface area (Å²) in [7, 11) is 0. The second-order valence-electron chi connectivity index (χ2n) is 7.92. The first-order chi connectivity index (χ1) is 15.2. The van der Waals surface area contributed by atoms with Crippen LogP contribution >= 0.6 is 0 Å². The van der Waals surface area contributed by atoms with Crippen LogP contribution in [0.3, 0.4) is 0 Å². The third-order valence-electron chi connectivity index (χ3n) is 5.86. The highest BCUT2D eigenvalue weighted by Crippen LogP contribution is 2.18. The van der Waals surface area contributed by atoms with E-state index in [9.17, 15) is 4.79 Å². The van der Waals surface area contributed by atoms with Crippen LogP contribution in [0, 0.1) is 5.92 Å². The Labute approximate surface area is 185 Å². The molecule has 5 nitrogen and oxygen atoms in total. The van der Waals surface area contributed by atoms with Gasteiger partial charge in [-0.3, -0.25) is 4.79 Å². The first kappa shape index (κ1) is 22.9. The molecule has 1 N–H and O–H groups in total. The number of imidazole rings is 1. The van der Waals surface area contributed by atoms with Gasteiger partial charge in [0.25, 0.3) is 0 Å². The number of ether oxygens (including phenoxy) is 1. The molecule has 0 unspecified atom stereocenters. The number of carbonyl (C=O) groups is 1. The Morgan fingerprint density at radius 3 is 2.52 bits per heavy atom. The number of nitrogens with zero attached hydrogens (tertiary/aromatic N) is 2. The number of hydrogen-bond acceptors (Lipinski definition) is 3. The molecule has 0 saturated heterocycles. The van der Waals surface area contributed by atoms with Gasteiger partial charge >= 0.3 is 0 Å². The van der Waals surface area contributed by atoms with E-state index in [0.29, 0.717) is 13.2 Å². The van der Waals surface area contributed by atoms with Crippen molar-refractivity contribution < 1.29 is 9.53 Å². The van der Waals surface area contributed by atoms with Crippen LogP contribution in [0.2, 0.25) is 0 Å². The van der Waals surface area contributed by atoms with E-state index >= 15 is 0 Å². The predicted molar refractivity (Wildman–Crippen MR) is 126 cm³/mol. The van der Waals surface area contributed by atoms with Crippen LogP contribution in [0.5, 0.6) is 5.75 Å². The smallest absolute Gasteiger partial charge is 0.223 e. The van der Waals surface area contributed by atoms with Gasteiger partial charge in [0.05, 0.1) is 17.6 Å². The van der Waals surface area contributed by atoms with Gasteiger partial charge in [-0.05, 0) is 55.5 Å². The summed E-state index contributed by atoms with van der Waals surface area (Å²) in [6, 6.07) is 16.5. The minimum Gasteiger partial charge on any atom is -0.494 e. The van der Waals surface area contributed by atoms with Gasteiger partial charge in [0.2, 0.25) is 5.91 Å². The van der Waals surface area contributed by atoms with Crippen molar-refractivity contribution in [1.29, 1.82) is 0 Å². The van der Waals surface area contributed by atoms with Gasteiger partial charge in [0.1, 0.15) is 11.6 Å². The quantitative estimate of drug-likeness (QED) is 0.411. The lowest BCUT2D eigenvalue weighted by Crippen LogP contribution is -2.32. The van der Waals surface area contributed by atoms with Crippen molar-refractivity contribution in [2.24, 2.45) is 5.92 Å². The number of amides is 1. The molecule has 1 heterocycles. The molecule has 0 bridgehead atoms. The predicted octanol–water partition coefficient (Wildman–Crippen LogP) is 5.16. The van der Waals surface area contributed by atoms with Crippen LogP contribution in [-0.4, -0.2) is 28.6 Å². The molecule has 0 atom stereocenters. The average Bonchev–Trinajstić information content (AvgIpc) is 3.15. The van der Waals surface area contributed by atoms with E-state index in [-0.39, 0.29) is 11.8 Å². The molecule has 0 aliphatic heterocycles. The number of benzene rings is 2. The number of para-hydroxylation sites is 2. The molecule has 3 aromatic rings. The Morgan fingerprint density at radius 1 is 1.06 bits per heavy atom. The standard InChI is InChI=1S/C26H35N3O2/c1-4-20-12-14-22(15-13-20)31-19-9-18-29-24-11-8-7-10-23(24)28-25(29)16-17-27-26(30)21(5-2)6-3/h7-8,10-15,21H,4-6,9,16-19H2,1-3H3,(H,27,30). The number of aromatic nitrogens is 2. The number of nitrogens with one attached hydrogen (secondary N) is 1. The Balaban J connectivity index is 1.58. The molecule has 2 aromatic carbocycles. The van der Waals surface area contributed by atoms with Gasteiger partial charge in [-0.1, -0.05) is 45.0 Å². The number of carbonyl (C=O) groups excluding carboxylic acids is 1. The Morgan fingerprint density at radius 2 is 1.81 bits per heavy atom. The van der Waals surface area contributed by atoms with Crippen LogP contribution in [-0.2, 0) is 24.2 Å². The molecule has 0 aliphatic rings. The van der Waals surface area contributed by atoms with E-state index < -0.39 is 0 Å². The highest BCUT2D eigenvalue weighted by molar-refractivity contribution is 5.78. The summed E-state index contributed by atoms with van der Waals surface area (Å²) >= 11 is 0. The molecule has 1 aromatic heterocycles. The maximum Gasteiger partial charge on any atom is 0.223 e. The SMILES string of the molecule is CCc1ccc(OCCCn2c(CCNC(=O)C(CC)CC)nc3ccccc32)cc1. The van der Waals surface area contributed by atoms with Crippen LogP contribution in [0.25, 0.3) is 11.0 Å². The largest absolute Gasteiger partial charge is 0.494 e.